The van der Waals surface area contributed by atoms with Crippen LogP contribution < -0.4 is 10.5 Å². The summed E-state index contributed by atoms with van der Waals surface area (Å²) in [5, 5.41) is 0. The Bertz CT molecular complexity index is 332. The molecule has 2 N–H and O–H groups in total. The summed E-state index contributed by atoms with van der Waals surface area (Å²) < 4.78 is 30.2. The zero-order chi connectivity index (χ0) is 10.9. The van der Waals surface area contributed by atoms with Crippen LogP contribution in [0.2, 0.25) is 0 Å². The molecule has 0 atom stereocenters. The molecular weight excluding hydrogens is 202 g/mol. The molecular formula is C10H12F2N2O. The molecule has 15 heavy (non-hydrogen) atoms. The molecule has 0 unspecified atom stereocenters. The van der Waals surface area contributed by atoms with E-state index in [1.54, 1.807) is 18.3 Å². The van der Waals surface area contributed by atoms with Crippen molar-refractivity contribution in [1.82, 2.24) is 4.98 Å². The van der Waals surface area contributed by atoms with Crippen molar-refractivity contribution in [2.45, 2.75) is 31.4 Å². The first-order chi connectivity index (χ1) is 7.09. The van der Waals surface area contributed by atoms with Gasteiger partial charge in [-0.2, -0.15) is 0 Å². The van der Waals surface area contributed by atoms with Crippen LogP contribution in [0.4, 0.5) is 8.78 Å². The first kappa shape index (κ1) is 10.3. The zero-order valence-electron chi connectivity index (χ0n) is 8.12. The van der Waals surface area contributed by atoms with Crippen LogP contribution >= 0.6 is 0 Å². The molecule has 0 bridgehead atoms. The first-order valence-corrected chi connectivity index (χ1v) is 4.78. The summed E-state index contributed by atoms with van der Waals surface area (Å²) in [6.45, 7) is 0.411. The van der Waals surface area contributed by atoms with E-state index in [2.05, 4.69) is 4.98 Å². The summed E-state index contributed by atoms with van der Waals surface area (Å²) >= 11 is 0. The molecule has 3 nitrogen and oxygen atoms in total. The Kier molecular flexibility index (Phi) is 2.56. The van der Waals surface area contributed by atoms with E-state index in [0.717, 1.165) is 5.56 Å². The van der Waals surface area contributed by atoms with Gasteiger partial charge in [-0.05, 0) is 5.56 Å². The molecule has 1 aliphatic rings. The van der Waals surface area contributed by atoms with Gasteiger partial charge < -0.3 is 10.5 Å². The SMILES string of the molecule is NCc1ccc(OC2CC(F)(F)C2)nc1. The predicted octanol–water partition coefficient (Wildman–Crippen LogP) is 1.72. The molecule has 5 heteroatoms. The number of rotatable bonds is 3. The largest absolute Gasteiger partial charge is 0.474 e. The second-order valence-electron chi connectivity index (χ2n) is 3.71. The third-order valence-corrected chi connectivity index (χ3v) is 2.37. The number of halogens is 2. The molecule has 2 rings (SSSR count). The number of ether oxygens (including phenoxy) is 1. The highest BCUT2D eigenvalue weighted by molar-refractivity contribution is 5.18. The van der Waals surface area contributed by atoms with Crippen LogP contribution in [0, 0.1) is 0 Å². The third-order valence-electron chi connectivity index (χ3n) is 2.37. The number of aromatic nitrogens is 1. The van der Waals surface area contributed by atoms with Crippen LogP contribution in [0.25, 0.3) is 0 Å². The fourth-order valence-electron chi connectivity index (χ4n) is 1.46. The summed E-state index contributed by atoms with van der Waals surface area (Å²) in [6.07, 6.45) is 0.753. The molecule has 0 radical (unpaired) electrons. The maximum absolute atomic E-state index is 12.5. The standard InChI is InChI=1S/C10H12F2N2O/c11-10(12)3-8(4-10)15-9-2-1-7(5-13)6-14-9/h1-2,6,8H,3-5,13H2. The summed E-state index contributed by atoms with van der Waals surface area (Å²) in [6, 6.07) is 3.43. The van der Waals surface area contributed by atoms with Crippen molar-refractivity contribution < 1.29 is 13.5 Å². The quantitative estimate of drug-likeness (QED) is 0.833. The van der Waals surface area contributed by atoms with Gasteiger partial charge in [0.2, 0.25) is 5.88 Å². The number of nitrogens with zero attached hydrogens (tertiary/aromatic N) is 1. The van der Waals surface area contributed by atoms with Gasteiger partial charge in [-0.25, -0.2) is 13.8 Å². The molecule has 1 aliphatic carbocycles. The summed E-state index contributed by atoms with van der Waals surface area (Å²) in [7, 11) is 0. The minimum absolute atomic E-state index is 0.215. The number of nitrogens with two attached hydrogens (primary N) is 1. The van der Waals surface area contributed by atoms with E-state index in [-0.39, 0.29) is 12.8 Å². The molecule has 1 aromatic rings. The van der Waals surface area contributed by atoms with Crippen molar-refractivity contribution >= 4 is 0 Å². The second-order valence-corrected chi connectivity index (χ2v) is 3.71. The molecule has 0 aromatic carbocycles. The minimum Gasteiger partial charge on any atom is -0.474 e. The van der Waals surface area contributed by atoms with Crippen molar-refractivity contribution in [3.8, 4) is 5.88 Å². The molecule has 1 heterocycles. The van der Waals surface area contributed by atoms with E-state index in [0.29, 0.717) is 12.4 Å². The second kappa shape index (κ2) is 3.73. The smallest absolute Gasteiger partial charge is 0.255 e. The molecule has 1 saturated carbocycles. The van der Waals surface area contributed by atoms with Crippen molar-refractivity contribution in [1.29, 1.82) is 0 Å². The van der Waals surface area contributed by atoms with E-state index in [1.165, 1.54) is 0 Å². The molecule has 0 aliphatic heterocycles. The molecule has 0 saturated heterocycles. The van der Waals surface area contributed by atoms with Gasteiger partial charge in [0.05, 0.1) is 0 Å². The monoisotopic (exact) mass is 214 g/mol. The summed E-state index contributed by atoms with van der Waals surface area (Å²) in [5.74, 6) is -2.17. The third kappa shape index (κ3) is 2.41. The van der Waals surface area contributed by atoms with Crippen LogP contribution in [-0.4, -0.2) is 17.0 Å². The average Bonchev–Trinajstić information content (AvgIpc) is 2.16. The normalized spacial score (nSPS) is 19.7. The Morgan fingerprint density at radius 1 is 1.47 bits per heavy atom. The first-order valence-electron chi connectivity index (χ1n) is 4.78. The molecule has 0 spiro atoms. The highest BCUT2D eigenvalue weighted by atomic mass is 19.3. The lowest BCUT2D eigenvalue weighted by Gasteiger charge is -2.34. The van der Waals surface area contributed by atoms with Gasteiger partial charge in [-0.3, -0.25) is 0 Å². The predicted molar refractivity (Wildman–Crippen MR) is 50.7 cm³/mol. The van der Waals surface area contributed by atoms with E-state index in [9.17, 15) is 8.78 Å². The fraction of sp³-hybridized carbons (Fsp3) is 0.500. The van der Waals surface area contributed by atoms with Gasteiger partial charge >= 0.3 is 0 Å². The Labute approximate surface area is 86.3 Å². The van der Waals surface area contributed by atoms with Gasteiger partial charge in [0.15, 0.2) is 0 Å². The van der Waals surface area contributed by atoms with E-state index in [4.69, 9.17) is 10.5 Å². The molecule has 1 fully saturated rings. The lowest BCUT2D eigenvalue weighted by atomic mass is 9.91. The summed E-state index contributed by atoms with van der Waals surface area (Å²) in [5.41, 5.74) is 6.28. The molecule has 0 amide bonds. The van der Waals surface area contributed by atoms with E-state index < -0.39 is 12.0 Å². The van der Waals surface area contributed by atoms with Gasteiger partial charge in [0, 0.05) is 31.6 Å². The van der Waals surface area contributed by atoms with Crippen LogP contribution in [0.15, 0.2) is 18.3 Å². The fourth-order valence-corrected chi connectivity index (χ4v) is 1.46. The van der Waals surface area contributed by atoms with Crippen molar-refractivity contribution in [3.05, 3.63) is 23.9 Å². The lowest BCUT2D eigenvalue weighted by Crippen LogP contribution is -2.43. The average molecular weight is 214 g/mol. The number of alkyl halides is 2. The zero-order valence-corrected chi connectivity index (χ0v) is 8.12. The van der Waals surface area contributed by atoms with Gasteiger partial charge in [0.25, 0.3) is 5.92 Å². The Hall–Kier alpha value is -1.23. The summed E-state index contributed by atoms with van der Waals surface area (Å²) in [4.78, 5) is 3.97. The number of pyridine rings is 1. The maximum atomic E-state index is 12.5. The highest BCUT2D eigenvalue weighted by Crippen LogP contribution is 2.39. The highest BCUT2D eigenvalue weighted by Gasteiger charge is 2.47. The van der Waals surface area contributed by atoms with Crippen LogP contribution in [0.3, 0.4) is 0 Å². The Morgan fingerprint density at radius 3 is 2.67 bits per heavy atom. The van der Waals surface area contributed by atoms with Crippen molar-refractivity contribution in [3.63, 3.8) is 0 Å². The van der Waals surface area contributed by atoms with Gasteiger partial charge in [-0.1, -0.05) is 6.07 Å². The van der Waals surface area contributed by atoms with E-state index in [1.807, 2.05) is 0 Å². The number of hydrogen-bond donors (Lipinski definition) is 1. The van der Waals surface area contributed by atoms with Crippen LogP contribution in [-0.2, 0) is 6.54 Å². The molecule has 82 valence electrons. The Morgan fingerprint density at radius 2 is 2.20 bits per heavy atom. The topological polar surface area (TPSA) is 48.1 Å². The lowest BCUT2D eigenvalue weighted by molar-refractivity contribution is -0.135. The Balaban J connectivity index is 1.89. The molecule has 1 aromatic heterocycles. The van der Waals surface area contributed by atoms with Crippen molar-refractivity contribution in [2.75, 3.05) is 0 Å². The van der Waals surface area contributed by atoms with Crippen LogP contribution in [0.1, 0.15) is 18.4 Å². The number of hydrogen-bond acceptors (Lipinski definition) is 3. The van der Waals surface area contributed by atoms with Gasteiger partial charge in [-0.15, -0.1) is 0 Å². The van der Waals surface area contributed by atoms with Crippen LogP contribution in [0.5, 0.6) is 5.88 Å². The minimum atomic E-state index is -2.55. The van der Waals surface area contributed by atoms with Gasteiger partial charge in [0.1, 0.15) is 6.10 Å². The maximum Gasteiger partial charge on any atom is 0.255 e. The van der Waals surface area contributed by atoms with E-state index >= 15 is 0 Å². The van der Waals surface area contributed by atoms with Crippen molar-refractivity contribution in [2.24, 2.45) is 5.73 Å².